The van der Waals surface area contributed by atoms with Crippen LogP contribution in [0, 0.1) is 5.82 Å². The third-order valence-corrected chi connectivity index (χ3v) is 3.50. The van der Waals surface area contributed by atoms with Crippen LogP contribution in [0.2, 0.25) is 5.02 Å². The van der Waals surface area contributed by atoms with E-state index in [1.807, 2.05) is 30.3 Å². The van der Waals surface area contributed by atoms with E-state index in [0.29, 0.717) is 11.3 Å². The van der Waals surface area contributed by atoms with E-state index in [2.05, 4.69) is 5.16 Å². The van der Waals surface area contributed by atoms with Gasteiger partial charge in [-0.3, -0.25) is 0 Å². The van der Waals surface area contributed by atoms with E-state index in [4.69, 9.17) is 16.1 Å². The predicted octanol–water partition coefficient (Wildman–Crippen LogP) is 4.29. The fourth-order valence-corrected chi connectivity index (χ4v) is 2.44. The zero-order chi connectivity index (χ0) is 14.8. The Morgan fingerprint density at radius 3 is 2.52 bits per heavy atom. The van der Waals surface area contributed by atoms with E-state index in [1.54, 1.807) is 6.07 Å². The second kappa shape index (κ2) is 5.68. The van der Waals surface area contributed by atoms with E-state index in [0.717, 1.165) is 5.56 Å². The highest BCUT2D eigenvalue weighted by atomic mass is 35.5. The maximum absolute atomic E-state index is 14.0. The lowest BCUT2D eigenvalue weighted by molar-refractivity contribution is 0.281. The molecule has 5 heteroatoms. The van der Waals surface area contributed by atoms with Crippen molar-refractivity contribution in [2.24, 2.45) is 0 Å². The number of aliphatic hydroxyl groups is 1. The fourth-order valence-electron chi connectivity index (χ4n) is 2.19. The molecule has 0 saturated heterocycles. The normalized spacial score (nSPS) is 10.8. The van der Waals surface area contributed by atoms with Crippen LogP contribution in [0.4, 0.5) is 4.39 Å². The number of nitrogens with zero attached hydrogens (tertiary/aromatic N) is 1. The molecule has 0 aliphatic heterocycles. The average molecular weight is 304 g/mol. The highest BCUT2D eigenvalue weighted by Crippen LogP contribution is 2.37. The van der Waals surface area contributed by atoms with E-state index < -0.39 is 5.82 Å². The molecule has 0 fully saturated rings. The summed E-state index contributed by atoms with van der Waals surface area (Å²) in [5.41, 5.74) is 1.78. The lowest BCUT2D eigenvalue weighted by Gasteiger charge is -2.04. The topological polar surface area (TPSA) is 46.3 Å². The van der Waals surface area contributed by atoms with Gasteiger partial charge in [0.1, 0.15) is 11.5 Å². The molecule has 1 aromatic heterocycles. The predicted molar refractivity (Wildman–Crippen MR) is 78.3 cm³/mol. The van der Waals surface area contributed by atoms with Crippen molar-refractivity contribution in [1.82, 2.24) is 5.16 Å². The van der Waals surface area contributed by atoms with Gasteiger partial charge in [0.2, 0.25) is 0 Å². The van der Waals surface area contributed by atoms with Crippen LogP contribution >= 0.6 is 11.6 Å². The Morgan fingerprint density at radius 1 is 1.10 bits per heavy atom. The Kier molecular flexibility index (Phi) is 3.73. The molecule has 3 aromatic rings. The maximum Gasteiger partial charge on any atom is 0.177 e. The van der Waals surface area contributed by atoms with Crippen LogP contribution in [0.1, 0.15) is 5.56 Å². The molecular formula is C16H11ClFNO2. The number of aliphatic hydroxyl groups excluding tert-OH is 1. The standard InChI is InChI=1S/C16H11ClFNO2/c17-12-7-4-8-13(18)14(12)16-11(9-20)15(19-21-16)10-5-2-1-3-6-10/h1-8,20H,9H2. The van der Waals surface area contributed by atoms with Crippen LogP contribution in [0.25, 0.3) is 22.6 Å². The van der Waals surface area contributed by atoms with Crippen molar-refractivity contribution in [1.29, 1.82) is 0 Å². The Hall–Kier alpha value is -2.17. The minimum absolute atomic E-state index is 0.109. The van der Waals surface area contributed by atoms with Crippen LogP contribution in [0.3, 0.4) is 0 Å². The second-order valence-electron chi connectivity index (χ2n) is 4.46. The van der Waals surface area contributed by atoms with E-state index >= 15 is 0 Å². The van der Waals surface area contributed by atoms with Gasteiger partial charge < -0.3 is 9.63 Å². The van der Waals surface area contributed by atoms with Crippen LogP contribution in [-0.4, -0.2) is 10.3 Å². The lowest BCUT2D eigenvalue weighted by atomic mass is 10.0. The first-order valence-electron chi connectivity index (χ1n) is 6.31. The molecule has 0 radical (unpaired) electrons. The molecule has 106 valence electrons. The maximum atomic E-state index is 14.0. The molecule has 0 aliphatic rings. The largest absolute Gasteiger partial charge is 0.391 e. The number of rotatable bonds is 3. The molecule has 0 unspecified atom stereocenters. The quantitative estimate of drug-likeness (QED) is 0.785. The molecule has 0 aliphatic carbocycles. The molecule has 21 heavy (non-hydrogen) atoms. The van der Waals surface area contributed by atoms with E-state index in [-0.39, 0.29) is 23.0 Å². The Balaban J connectivity index is 2.20. The first-order valence-corrected chi connectivity index (χ1v) is 6.69. The lowest BCUT2D eigenvalue weighted by Crippen LogP contribution is -1.91. The molecule has 0 atom stereocenters. The number of hydrogen-bond donors (Lipinski definition) is 1. The first kappa shape index (κ1) is 13.8. The number of benzene rings is 2. The minimum atomic E-state index is -0.520. The fraction of sp³-hybridized carbons (Fsp3) is 0.0625. The summed E-state index contributed by atoms with van der Waals surface area (Å²) in [5.74, 6) is -0.368. The van der Waals surface area contributed by atoms with Gasteiger partial charge in [-0.2, -0.15) is 0 Å². The SMILES string of the molecule is OCc1c(-c2ccccc2)noc1-c1c(F)cccc1Cl. The molecule has 3 nitrogen and oxygen atoms in total. The second-order valence-corrected chi connectivity index (χ2v) is 4.87. The zero-order valence-corrected chi connectivity index (χ0v) is 11.6. The van der Waals surface area contributed by atoms with E-state index in [1.165, 1.54) is 12.1 Å². The molecule has 0 spiro atoms. The van der Waals surface area contributed by atoms with Gasteiger partial charge in [-0.25, -0.2) is 4.39 Å². The van der Waals surface area contributed by atoms with Gasteiger partial charge in [-0.05, 0) is 12.1 Å². The highest BCUT2D eigenvalue weighted by molar-refractivity contribution is 6.33. The summed E-state index contributed by atoms with van der Waals surface area (Å²) in [5, 5.41) is 13.8. The molecule has 1 N–H and O–H groups in total. The van der Waals surface area contributed by atoms with Crippen LogP contribution in [-0.2, 0) is 6.61 Å². The highest BCUT2D eigenvalue weighted by Gasteiger charge is 2.22. The van der Waals surface area contributed by atoms with Crippen LogP contribution in [0.5, 0.6) is 0 Å². The van der Waals surface area contributed by atoms with Crippen molar-refractivity contribution < 1.29 is 14.0 Å². The molecule has 0 bridgehead atoms. The monoisotopic (exact) mass is 303 g/mol. The van der Waals surface area contributed by atoms with Crippen molar-refractivity contribution in [2.45, 2.75) is 6.61 Å². The summed E-state index contributed by atoms with van der Waals surface area (Å²) >= 11 is 6.04. The van der Waals surface area contributed by atoms with Gasteiger partial charge >= 0.3 is 0 Å². The summed E-state index contributed by atoms with van der Waals surface area (Å²) in [6.07, 6.45) is 0. The number of aromatic nitrogens is 1. The van der Waals surface area contributed by atoms with Crippen molar-refractivity contribution in [3.05, 3.63) is 64.9 Å². The Bertz CT molecular complexity index is 751. The van der Waals surface area contributed by atoms with Crippen molar-refractivity contribution in [2.75, 3.05) is 0 Å². The van der Waals surface area contributed by atoms with Gasteiger partial charge in [0.05, 0.1) is 22.8 Å². The van der Waals surface area contributed by atoms with Gasteiger partial charge in [-0.1, -0.05) is 53.2 Å². The van der Waals surface area contributed by atoms with Crippen molar-refractivity contribution in [3.8, 4) is 22.6 Å². The molecule has 2 aromatic carbocycles. The van der Waals surface area contributed by atoms with Crippen molar-refractivity contribution in [3.63, 3.8) is 0 Å². The molecule has 3 rings (SSSR count). The smallest absolute Gasteiger partial charge is 0.177 e. The van der Waals surface area contributed by atoms with Crippen molar-refractivity contribution >= 4 is 11.6 Å². The number of halogens is 2. The summed E-state index contributed by atoms with van der Waals surface area (Å²) < 4.78 is 19.3. The molecule has 1 heterocycles. The molecule has 0 saturated carbocycles. The Morgan fingerprint density at radius 2 is 1.86 bits per heavy atom. The van der Waals surface area contributed by atoms with Gasteiger partial charge in [0, 0.05) is 5.56 Å². The van der Waals surface area contributed by atoms with Gasteiger partial charge in [-0.15, -0.1) is 0 Å². The summed E-state index contributed by atoms with van der Waals surface area (Å²) in [4.78, 5) is 0. The van der Waals surface area contributed by atoms with Crippen LogP contribution < -0.4 is 0 Å². The first-order chi connectivity index (χ1) is 10.2. The number of hydrogen-bond acceptors (Lipinski definition) is 3. The third kappa shape index (κ3) is 2.44. The summed E-state index contributed by atoms with van der Waals surface area (Å²) in [6, 6.07) is 13.6. The summed E-state index contributed by atoms with van der Waals surface area (Å²) in [6.45, 7) is -0.326. The van der Waals surface area contributed by atoms with Gasteiger partial charge in [0.25, 0.3) is 0 Å². The molecule has 0 amide bonds. The van der Waals surface area contributed by atoms with E-state index in [9.17, 15) is 9.50 Å². The zero-order valence-electron chi connectivity index (χ0n) is 10.9. The third-order valence-electron chi connectivity index (χ3n) is 3.18. The van der Waals surface area contributed by atoms with Crippen LogP contribution in [0.15, 0.2) is 53.1 Å². The Labute approximate surface area is 125 Å². The average Bonchev–Trinajstić information content (AvgIpc) is 2.91. The minimum Gasteiger partial charge on any atom is -0.391 e. The molecular weight excluding hydrogens is 293 g/mol. The summed E-state index contributed by atoms with van der Waals surface area (Å²) in [7, 11) is 0. The van der Waals surface area contributed by atoms with Gasteiger partial charge in [0.15, 0.2) is 5.76 Å².